The highest BCUT2D eigenvalue weighted by molar-refractivity contribution is 7.80. The maximum Gasteiger partial charge on any atom is 0.120 e. The standard InChI is InChI=1S/C16H26N2O2S/c1-3-5-9-18(4-2)11-14(19)12-20-15-8-6-7-13(10-15)16(17)21/h6-8,10,14,19H,3-5,9,11-12H2,1-2H3,(H2,17,21). The van der Waals surface area contributed by atoms with Crippen molar-refractivity contribution >= 4 is 17.2 Å². The Bertz CT molecular complexity index is 440. The number of thiocarbonyl (C=S) groups is 1. The third-order valence-corrected chi connectivity index (χ3v) is 3.54. The molecule has 1 atom stereocenters. The van der Waals surface area contributed by atoms with Gasteiger partial charge in [-0.25, -0.2) is 0 Å². The van der Waals surface area contributed by atoms with Gasteiger partial charge in [-0.1, -0.05) is 44.6 Å². The molecule has 0 fully saturated rings. The molecule has 0 saturated heterocycles. The smallest absolute Gasteiger partial charge is 0.120 e. The molecule has 0 amide bonds. The third kappa shape index (κ3) is 6.89. The van der Waals surface area contributed by atoms with Gasteiger partial charge in [0, 0.05) is 12.1 Å². The first kappa shape index (κ1) is 17.9. The summed E-state index contributed by atoms with van der Waals surface area (Å²) in [5.41, 5.74) is 6.36. The number of aliphatic hydroxyl groups is 1. The van der Waals surface area contributed by atoms with Gasteiger partial charge in [0.15, 0.2) is 0 Å². The van der Waals surface area contributed by atoms with Crippen molar-refractivity contribution in [3.05, 3.63) is 29.8 Å². The van der Waals surface area contributed by atoms with Crippen LogP contribution in [0.1, 0.15) is 32.3 Å². The average molecular weight is 310 g/mol. The summed E-state index contributed by atoms with van der Waals surface area (Å²) in [4.78, 5) is 2.58. The summed E-state index contributed by atoms with van der Waals surface area (Å²) in [6.07, 6.45) is 1.81. The predicted molar refractivity (Wildman–Crippen MR) is 90.9 cm³/mol. The third-order valence-electron chi connectivity index (χ3n) is 3.30. The van der Waals surface area contributed by atoms with Crippen LogP contribution in [0.25, 0.3) is 0 Å². The Balaban J connectivity index is 2.43. The van der Waals surface area contributed by atoms with Crippen LogP contribution in [0.4, 0.5) is 0 Å². The van der Waals surface area contributed by atoms with Gasteiger partial charge in [-0.2, -0.15) is 0 Å². The van der Waals surface area contributed by atoms with E-state index in [2.05, 4.69) is 18.7 Å². The SMILES string of the molecule is CCCCN(CC)CC(O)COc1cccc(C(N)=S)c1. The molecule has 5 heteroatoms. The fraction of sp³-hybridized carbons (Fsp3) is 0.562. The Kier molecular flexibility index (Phi) is 8.27. The van der Waals surface area contributed by atoms with E-state index in [0.29, 0.717) is 17.3 Å². The van der Waals surface area contributed by atoms with Crippen molar-refractivity contribution in [2.45, 2.75) is 32.8 Å². The maximum atomic E-state index is 10.1. The minimum atomic E-state index is -0.504. The zero-order chi connectivity index (χ0) is 15.7. The maximum absolute atomic E-state index is 10.1. The van der Waals surface area contributed by atoms with Crippen LogP contribution < -0.4 is 10.5 Å². The molecule has 21 heavy (non-hydrogen) atoms. The fourth-order valence-electron chi connectivity index (χ4n) is 2.04. The number of hydrogen-bond acceptors (Lipinski definition) is 4. The lowest BCUT2D eigenvalue weighted by Gasteiger charge is -2.23. The van der Waals surface area contributed by atoms with Crippen LogP contribution in [0.2, 0.25) is 0 Å². The number of unbranched alkanes of at least 4 members (excludes halogenated alkanes) is 1. The molecular formula is C16H26N2O2S. The molecule has 0 saturated carbocycles. The van der Waals surface area contributed by atoms with E-state index in [1.807, 2.05) is 18.2 Å². The molecule has 4 nitrogen and oxygen atoms in total. The molecule has 3 N–H and O–H groups in total. The zero-order valence-electron chi connectivity index (χ0n) is 12.9. The molecule has 1 aromatic rings. The Hall–Kier alpha value is -1.17. The molecule has 0 spiro atoms. The van der Waals surface area contributed by atoms with Gasteiger partial charge >= 0.3 is 0 Å². The van der Waals surface area contributed by atoms with E-state index in [1.54, 1.807) is 6.07 Å². The van der Waals surface area contributed by atoms with Crippen molar-refractivity contribution in [2.24, 2.45) is 5.73 Å². The normalized spacial score (nSPS) is 12.4. The van der Waals surface area contributed by atoms with Crippen LogP contribution in [0.5, 0.6) is 5.75 Å². The van der Waals surface area contributed by atoms with Crippen molar-refractivity contribution in [3.8, 4) is 5.75 Å². The van der Waals surface area contributed by atoms with Gasteiger partial charge in [0.1, 0.15) is 23.4 Å². The van der Waals surface area contributed by atoms with Crippen LogP contribution in [-0.2, 0) is 0 Å². The van der Waals surface area contributed by atoms with Crippen LogP contribution in [0, 0.1) is 0 Å². The molecule has 0 aliphatic heterocycles. The number of aliphatic hydroxyl groups excluding tert-OH is 1. The number of nitrogens with two attached hydrogens (primary N) is 1. The van der Waals surface area contributed by atoms with Gasteiger partial charge in [-0.05, 0) is 31.6 Å². The number of benzene rings is 1. The highest BCUT2D eigenvalue weighted by Gasteiger charge is 2.11. The van der Waals surface area contributed by atoms with Gasteiger partial charge in [0.25, 0.3) is 0 Å². The molecular weight excluding hydrogens is 284 g/mol. The van der Waals surface area contributed by atoms with E-state index in [-0.39, 0.29) is 6.61 Å². The summed E-state index contributed by atoms with van der Waals surface area (Å²) in [5.74, 6) is 0.677. The summed E-state index contributed by atoms with van der Waals surface area (Å²) in [7, 11) is 0. The van der Waals surface area contributed by atoms with E-state index in [4.69, 9.17) is 22.7 Å². The fourth-order valence-corrected chi connectivity index (χ4v) is 2.17. The molecule has 118 valence electrons. The zero-order valence-corrected chi connectivity index (χ0v) is 13.7. The van der Waals surface area contributed by atoms with Gasteiger partial charge < -0.3 is 20.5 Å². The van der Waals surface area contributed by atoms with E-state index >= 15 is 0 Å². The summed E-state index contributed by atoms with van der Waals surface area (Å²) < 4.78 is 5.62. The highest BCUT2D eigenvalue weighted by atomic mass is 32.1. The lowest BCUT2D eigenvalue weighted by molar-refractivity contribution is 0.0694. The van der Waals surface area contributed by atoms with Crippen molar-refractivity contribution in [2.75, 3.05) is 26.2 Å². The molecule has 0 aromatic heterocycles. The summed E-state index contributed by atoms with van der Waals surface area (Å²) >= 11 is 4.94. The quantitative estimate of drug-likeness (QED) is 0.649. The number of ether oxygens (including phenoxy) is 1. The van der Waals surface area contributed by atoms with E-state index in [9.17, 15) is 5.11 Å². The first-order valence-corrected chi connectivity index (χ1v) is 7.90. The first-order valence-electron chi connectivity index (χ1n) is 7.49. The largest absolute Gasteiger partial charge is 0.491 e. The molecule has 1 aromatic carbocycles. The topological polar surface area (TPSA) is 58.7 Å². The lowest BCUT2D eigenvalue weighted by Crippen LogP contribution is -2.36. The molecule has 1 rings (SSSR count). The summed E-state index contributed by atoms with van der Waals surface area (Å²) in [6.45, 7) is 7.13. The highest BCUT2D eigenvalue weighted by Crippen LogP contribution is 2.13. The monoisotopic (exact) mass is 310 g/mol. The van der Waals surface area contributed by atoms with Crippen LogP contribution >= 0.6 is 12.2 Å². The minimum absolute atomic E-state index is 0.267. The van der Waals surface area contributed by atoms with E-state index in [0.717, 1.165) is 31.5 Å². The predicted octanol–water partition coefficient (Wildman–Crippen LogP) is 2.18. The van der Waals surface area contributed by atoms with Gasteiger partial charge in [-0.3, -0.25) is 0 Å². The molecule has 0 radical (unpaired) electrons. The van der Waals surface area contributed by atoms with E-state index < -0.39 is 6.10 Å². The van der Waals surface area contributed by atoms with Crippen molar-refractivity contribution in [1.29, 1.82) is 0 Å². The summed E-state index contributed by atoms with van der Waals surface area (Å²) in [6, 6.07) is 7.32. The van der Waals surface area contributed by atoms with Gasteiger partial charge in [-0.15, -0.1) is 0 Å². The minimum Gasteiger partial charge on any atom is -0.491 e. The number of rotatable bonds is 10. The number of nitrogens with zero attached hydrogens (tertiary/aromatic N) is 1. The second-order valence-corrected chi connectivity index (χ2v) is 5.54. The molecule has 0 heterocycles. The van der Waals surface area contributed by atoms with Crippen molar-refractivity contribution < 1.29 is 9.84 Å². The van der Waals surface area contributed by atoms with Crippen LogP contribution in [0.3, 0.4) is 0 Å². The Morgan fingerprint density at radius 2 is 2.19 bits per heavy atom. The number of likely N-dealkylation sites (N-methyl/N-ethyl adjacent to an activating group) is 1. The van der Waals surface area contributed by atoms with Crippen molar-refractivity contribution in [1.82, 2.24) is 4.90 Å². The number of hydrogen-bond donors (Lipinski definition) is 2. The lowest BCUT2D eigenvalue weighted by atomic mass is 10.2. The molecule has 0 aliphatic rings. The molecule has 0 bridgehead atoms. The molecule has 1 unspecified atom stereocenters. The molecule has 0 aliphatic carbocycles. The second-order valence-electron chi connectivity index (χ2n) is 5.10. The Labute approximate surface area is 132 Å². The van der Waals surface area contributed by atoms with Gasteiger partial charge in [0.2, 0.25) is 0 Å². The average Bonchev–Trinajstić information content (AvgIpc) is 2.49. The van der Waals surface area contributed by atoms with Crippen LogP contribution in [-0.4, -0.2) is 47.3 Å². The van der Waals surface area contributed by atoms with Gasteiger partial charge in [0.05, 0.1) is 0 Å². The van der Waals surface area contributed by atoms with Crippen LogP contribution in [0.15, 0.2) is 24.3 Å². The first-order chi connectivity index (χ1) is 10.1. The van der Waals surface area contributed by atoms with Crippen molar-refractivity contribution in [3.63, 3.8) is 0 Å². The Morgan fingerprint density at radius 1 is 1.43 bits per heavy atom. The Morgan fingerprint density at radius 3 is 2.81 bits per heavy atom. The summed E-state index contributed by atoms with van der Waals surface area (Å²) in [5, 5.41) is 10.1. The second kappa shape index (κ2) is 9.71. The van der Waals surface area contributed by atoms with E-state index in [1.165, 1.54) is 0 Å².